The lowest BCUT2D eigenvalue weighted by Crippen LogP contribution is -2.51. The Hall–Kier alpha value is -3.65. The molecule has 1 amide bonds. The number of anilines is 2. The molecule has 1 aromatic heterocycles. The molecule has 1 saturated heterocycles. The van der Waals surface area contributed by atoms with Gasteiger partial charge >= 0.3 is 6.18 Å². The Bertz CT molecular complexity index is 1240. The number of alkyl halides is 3. The van der Waals surface area contributed by atoms with E-state index < -0.39 is 11.7 Å². The van der Waals surface area contributed by atoms with Crippen LogP contribution in [0.1, 0.15) is 43.4 Å². The largest absolute Gasteiger partial charge is 0.416 e. The zero-order valence-corrected chi connectivity index (χ0v) is 22.6. The number of aromatic nitrogens is 1. The number of nitrogens with zero attached hydrogens (tertiary/aromatic N) is 4. The summed E-state index contributed by atoms with van der Waals surface area (Å²) < 4.78 is 38.7. The van der Waals surface area contributed by atoms with Crippen LogP contribution < -0.4 is 4.90 Å². The number of hydrogen-bond acceptors (Lipinski definition) is 4. The molecule has 1 unspecified atom stereocenters. The van der Waals surface area contributed by atoms with Crippen LogP contribution in [0.4, 0.5) is 24.5 Å². The Morgan fingerprint density at radius 2 is 1.67 bits per heavy atom. The van der Waals surface area contributed by atoms with Gasteiger partial charge in [-0.2, -0.15) is 13.2 Å². The van der Waals surface area contributed by atoms with E-state index in [0.29, 0.717) is 18.2 Å². The van der Waals surface area contributed by atoms with Gasteiger partial charge in [-0.1, -0.05) is 24.3 Å². The van der Waals surface area contributed by atoms with Crippen LogP contribution >= 0.6 is 0 Å². The van der Waals surface area contributed by atoms with E-state index in [1.54, 1.807) is 18.5 Å². The fourth-order valence-electron chi connectivity index (χ4n) is 4.88. The van der Waals surface area contributed by atoms with Crippen molar-refractivity contribution in [3.05, 3.63) is 95.8 Å². The predicted molar refractivity (Wildman–Crippen MR) is 150 cm³/mol. The molecule has 0 aliphatic carbocycles. The van der Waals surface area contributed by atoms with Gasteiger partial charge in [0.25, 0.3) is 0 Å². The molecule has 8 heteroatoms. The van der Waals surface area contributed by atoms with Gasteiger partial charge in [-0.15, -0.1) is 0 Å². The molecule has 0 bridgehead atoms. The third-order valence-corrected chi connectivity index (χ3v) is 7.27. The van der Waals surface area contributed by atoms with E-state index in [4.69, 9.17) is 0 Å². The van der Waals surface area contributed by atoms with E-state index in [2.05, 4.69) is 28.6 Å². The number of halogens is 3. The summed E-state index contributed by atoms with van der Waals surface area (Å²) in [7, 11) is 1.99. The van der Waals surface area contributed by atoms with Crippen molar-refractivity contribution >= 4 is 23.4 Å². The topological polar surface area (TPSA) is 39.7 Å². The summed E-state index contributed by atoms with van der Waals surface area (Å²) >= 11 is 0. The molecule has 39 heavy (non-hydrogen) atoms. The minimum atomic E-state index is -4.39. The van der Waals surface area contributed by atoms with Gasteiger partial charge in [0.05, 0.1) is 5.56 Å². The van der Waals surface area contributed by atoms with Gasteiger partial charge in [-0.25, -0.2) is 0 Å². The summed E-state index contributed by atoms with van der Waals surface area (Å²) in [4.78, 5) is 23.9. The maximum absolute atomic E-state index is 13.5. The average molecular weight is 537 g/mol. The predicted octanol–water partition coefficient (Wildman–Crippen LogP) is 6.78. The number of carbonyl (C=O) groups excluding carboxylic acids is 1. The van der Waals surface area contributed by atoms with Crippen LogP contribution in [0.3, 0.4) is 0 Å². The second kappa shape index (κ2) is 12.5. The molecule has 2 aromatic carbocycles. The molecule has 0 N–H and O–H groups in total. The molecular formula is C31H35F3N4O. The van der Waals surface area contributed by atoms with Crippen molar-refractivity contribution in [2.24, 2.45) is 0 Å². The molecule has 1 fully saturated rings. The summed E-state index contributed by atoms with van der Waals surface area (Å²) in [6.45, 7) is 6.58. The Morgan fingerprint density at radius 3 is 2.28 bits per heavy atom. The molecule has 1 aliphatic heterocycles. The number of rotatable bonds is 8. The van der Waals surface area contributed by atoms with Gasteiger partial charge in [0.2, 0.25) is 5.91 Å². The highest BCUT2D eigenvalue weighted by Crippen LogP contribution is 2.29. The lowest BCUT2D eigenvalue weighted by atomic mass is 10.0. The Morgan fingerprint density at radius 1 is 1.03 bits per heavy atom. The molecule has 0 radical (unpaired) electrons. The smallest absolute Gasteiger partial charge is 0.345 e. The molecule has 1 aliphatic rings. The summed E-state index contributed by atoms with van der Waals surface area (Å²) in [6.07, 6.45) is 4.10. The highest BCUT2D eigenvalue weighted by Gasteiger charge is 2.30. The van der Waals surface area contributed by atoms with E-state index >= 15 is 0 Å². The molecule has 206 valence electrons. The second-order valence-electron chi connectivity index (χ2n) is 10.2. The number of likely N-dealkylation sites (tertiary alicyclic amines) is 1. The first-order chi connectivity index (χ1) is 18.6. The number of pyridine rings is 1. The lowest BCUT2D eigenvalue weighted by Gasteiger charge is -2.41. The van der Waals surface area contributed by atoms with E-state index in [1.165, 1.54) is 18.2 Å². The molecule has 0 spiro atoms. The third kappa shape index (κ3) is 7.47. The van der Waals surface area contributed by atoms with Gasteiger partial charge in [-0.3, -0.25) is 14.7 Å². The second-order valence-corrected chi connectivity index (χ2v) is 10.2. The van der Waals surface area contributed by atoms with Crippen LogP contribution in [-0.4, -0.2) is 52.9 Å². The number of benzene rings is 2. The normalized spacial score (nSPS) is 16.5. The van der Waals surface area contributed by atoms with Crippen LogP contribution in [0.2, 0.25) is 0 Å². The Kier molecular flexibility index (Phi) is 9.07. The van der Waals surface area contributed by atoms with Crippen molar-refractivity contribution in [2.45, 2.75) is 51.5 Å². The standard InChI is InChI=1S/C31H35F3N4O/c1-23(2)37-20-4-5-29(22-37)38(30(39)15-10-24-6-11-26(12-7-24)31(32,33)34)21-25-8-13-27(14-9-25)36(3)28-16-18-35-19-17-28/h6-19,23,29H,4-5,20-22H2,1-3H3. The van der Waals surface area contributed by atoms with Crippen molar-refractivity contribution in [3.63, 3.8) is 0 Å². The monoisotopic (exact) mass is 536 g/mol. The van der Waals surface area contributed by atoms with Gasteiger partial charge in [0, 0.05) is 62.1 Å². The van der Waals surface area contributed by atoms with Crippen molar-refractivity contribution in [2.75, 3.05) is 25.0 Å². The summed E-state index contributed by atoms with van der Waals surface area (Å²) in [5.74, 6) is -0.150. The van der Waals surface area contributed by atoms with Crippen LogP contribution in [0.15, 0.2) is 79.1 Å². The van der Waals surface area contributed by atoms with Gasteiger partial charge < -0.3 is 9.80 Å². The number of hydrogen-bond donors (Lipinski definition) is 0. The van der Waals surface area contributed by atoms with E-state index in [9.17, 15) is 18.0 Å². The summed E-state index contributed by atoms with van der Waals surface area (Å²) in [6, 6.07) is 17.3. The third-order valence-electron chi connectivity index (χ3n) is 7.27. The maximum Gasteiger partial charge on any atom is 0.416 e. The SMILES string of the molecule is CC(C)N1CCCC(N(Cc2ccc(N(C)c3ccncc3)cc2)C(=O)C=Cc2ccc(C(F)(F)F)cc2)C1. The Balaban J connectivity index is 1.52. The van der Waals surface area contributed by atoms with Gasteiger partial charge in [-0.05, 0) is 86.8 Å². The number of amides is 1. The highest BCUT2D eigenvalue weighted by atomic mass is 19.4. The molecule has 4 rings (SSSR count). The van der Waals surface area contributed by atoms with Crippen molar-refractivity contribution < 1.29 is 18.0 Å². The average Bonchev–Trinajstić information content (AvgIpc) is 2.95. The minimum Gasteiger partial charge on any atom is -0.345 e. The van der Waals surface area contributed by atoms with Gasteiger partial charge in [0.1, 0.15) is 0 Å². The summed E-state index contributed by atoms with van der Waals surface area (Å²) in [5.41, 5.74) is 2.90. The first kappa shape index (κ1) is 28.4. The van der Waals surface area contributed by atoms with Crippen molar-refractivity contribution in [3.8, 4) is 0 Å². The molecule has 5 nitrogen and oxygen atoms in total. The first-order valence-corrected chi connectivity index (χ1v) is 13.2. The van der Waals surface area contributed by atoms with Crippen LogP contribution in [0.5, 0.6) is 0 Å². The summed E-state index contributed by atoms with van der Waals surface area (Å²) in [5, 5.41) is 0. The molecule has 0 saturated carbocycles. The molecule has 1 atom stereocenters. The van der Waals surface area contributed by atoms with Crippen LogP contribution in [0.25, 0.3) is 6.08 Å². The van der Waals surface area contributed by atoms with E-state index in [0.717, 1.165) is 55.0 Å². The van der Waals surface area contributed by atoms with Crippen molar-refractivity contribution in [1.29, 1.82) is 0 Å². The van der Waals surface area contributed by atoms with Crippen molar-refractivity contribution in [1.82, 2.24) is 14.8 Å². The molecular weight excluding hydrogens is 501 g/mol. The highest BCUT2D eigenvalue weighted by molar-refractivity contribution is 5.92. The maximum atomic E-state index is 13.5. The Labute approximate surface area is 228 Å². The zero-order chi connectivity index (χ0) is 28.0. The molecule has 2 heterocycles. The molecule has 3 aromatic rings. The number of piperidine rings is 1. The first-order valence-electron chi connectivity index (χ1n) is 13.2. The van der Waals surface area contributed by atoms with E-state index in [1.807, 2.05) is 48.3 Å². The number of carbonyl (C=O) groups is 1. The van der Waals surface area contributed by atoms with Crippen LogP contribution in [-0.2, 0) is 17.5 Å². The quantitative estimate of drug-likeness (QED) is 0.298. The lowest BCUT2D eigenvalue weighted by molar-refractivity contribution is -0.137. The van der Waals surface area contributed by atoms with Gasteiger partial charge in [0.15, 0.2) is 0 Å². The fourth-order valence-corrected chi connectivity index (χ4v) is 4.88. The minimum absolute atomic E-state index is 0.0464. The zero-order valence-electron chi connectivity index (χ0n) is 22.6. The van der Waals surface area contributed by atoms with Crippen LogP contribution in [0, 0.1) is 0 Å². The van der Waals surface area contributed by atoms with E-state index in [-0.39, 0.29) is 11.9 Å². The fraction of sp³-hybridized carbons (Fsp3) is 0.355.